The number of nitro benzene ring substituents is 1. The molecule has 0 aliphatic carbocycles. The summed E-state index contributed by atoms with van der Waals surface area (Å²) >= 11 is 11.9. The quantitative estimate of drug-likeness (QED) is 0.432. The van der Waals surface area contributed by atoms with E-state index in [-0.39, 0.29) is 42.8 Å². The normalized spacial score (nSPS) is 15.4. The Morgan fingerprint density at radius 2 is 1.78 bits per heavy atom. The molecule has 32 heavy (non-hydrogen) atoms. The standard InChI is InChI=1S/C20H18Cl2F3N3O4/c1-12(32-18-5-3-14(21)11-15(18)22)19(29)27-8-6-26(7-9-27)16-4-2-13(20(23,24)25)10-17(16)28(30)31/h2-5,10-12H,6-9H2,1H3/t12-/m1/s1. The van der Waals surface area contributed by atoms with E-state index in [2.05, 4.69) is 0 Å². The van der Waals surface area contributed by atoms with Crippen molar-refractivity contribution in [3.05, 3.63) is 62.1 Å². The van der Waals surface area contributed by atoms with Crippen molar-refractivity contribution in [1.29, 1.82) is 0 Å². The predicted molar refractivity (Wildman–Crippen MR) is 113 cm³/mol. The maximum Gasteiger partial charge on any atom is 0.416 e. The third-order valence-corrected chi connectivity index (χ3v) is 5.51. The Hall–Kier alpha value is -2.72. The lowest BCUT2D eigenvalue weighted by atomic mass is 10.1. The summed E-state index contributed by atoms with van der Waals surface area (Å²) in [6.45, 7) is 2.44. The fourth-order valence-corrected chi connectivity index (χ4v) is 3.80. The lowest BCUT2D eigenvalue weighted by Gasteiger charge is -2.36. The summed E-state index contributed by atoms with van der Waals surface area (Å²) in [7, 11) is 0. The fraction of sp³-hybridized carbons (Fsp3) is 0.350. The van der Waals surface area contributed by atoms with Gasteiger partial charge in [-0.1, -0.05) is 23.2 Å². The van der Waals surface area contributed by atoms with E-state index in [9.17, 15) is 28.1 Å². The van der Waals surface area contributed by atoms with Crippen molar-refractivity contribution in [1.82, 2.24) is 4.90 Å². The van der Waals surface area contributed by atoms with Gasteiger partial charge in [0, 0.05) is 37.3 Å². The molecule has 1 aliphatic rings. The molecule has 1 saturated heterocycles. The number of halogens is 5. The van der Waals surface area contributed by atoms with E-state index in [0.717, 1.165) is 12.1 Å². The van der Waals surface area contributed by atoms with E-state index in [4.69, 9.17) is 27.9 Å². The number of amides is 1. The zero-order valence-corrected chi connectivity index (χ0v) is 18.2. The first-order valence-corrected chi connectivity index (χ1v) is 10.2. The van der Waals surface area contributed by atoms with Gasteiger partial charge in [0.2, 0.25) is 0 Å². The number of carbonyl (C=O) groups excluding carboxylic acids is 1. The van der Waals surface area contributed by atoms with Gasteiger partial charge in [0.1, 0.15) is 11.4 Å². The van der Waals surface area contributed by atoms with Gasteiger partial charge in [0.25, 0.3) is 11.6 Å². The van der Waals surface area contributed by atoms with Gasteiger partial charge in [-0.25, -0.2) is 0 Å². The lowest BCUT2D eigenvalue weighted by Crippen LogP contribution is -2.52. The van der Waals surface area contributed by atoms with Crippen molar-refractivity contribution < 1.29 is 27.6 Å². The minimum Gasteiger partial charge on any atom is -0.479 e. The highest BCUT2D eigenvalue weighted by atomic mass is 35.5. The molecule has 0 unspecified atom stereocenters. The van der Waals surface area contributed by atoms with Crippen molar-refractivity contribution in [3.63, 3.8) is 0 Å². The monoisotopic (exact) mass is 491 g/mol. The number of carbonyl (C=O) groups is 1. The number of benzene rings is 2. The largest absolute Gasteiger partial charge is 0.479 e. The van der Waals surface area contributed by atoms with Crippen LogP contribution in [-0.4, -0.2) is 48.0 Å². The summed E-state index contributed by atoms with van der Waals surface area (Å²) in [5.74, 6) is -0.00600. The third kappa shape index (κ3) is 5.36. The molecule has 0 bridgehead atoms. The molecular weight excluding hydrogens is 474 g/mol. The summed E-state index contributed by atoms with van der Waals surface area (Å²) in [6, 6.07) is 7.05. The van der Waals surface area contributed by atoms with Gasteiger partial charge in [0.05, 0.1) is 15.5 Å². The average molecular weight is 492 g/mol. The van der Waals surface area contributed by atoms with Crippen LogP contribution >= 0.6 is 23.2 Å². The van der Waals surface area contributed by atoms with Crippen LogP contribution in [0, 0.1) is 10.1 Å². The second-order valence-electron chi connectivity index (χ2n) is 7.11. The molecule has 0 spiro atoms. The molecule has 2 aromatic carbocycles. The number of hydrogen-bond donors (Lipinski definition) is 0. The molecular formula is C20H18Cl2F3N3O4. The predicted octanol–water partition coefficient (Wildman–Crippen LogP) is 5.04. The van der Waals surface area contributed by atoms with Gasteiger partial charge in [-0.2, -0.15) is 13.2 Å². The third-order valence-electron chi connectivity index (χ3n) is 4.98. The molecule has 0 aromatic heterocycles. The van der Waals surface area contributed by atoms with Gasteiger partial charge in [0.15, 0.2) is 6.10 Å². The number of alkyl halides is 3. The molecule has 0 radical (unpaired) electrons. The zero-order valence-electron chi connectivity index (χ0n) is 16.7. The molecule has 1 heterocycles. The van der Waals surface area contributed by atoms with Crippen LogP contribution in [-0.2, 0) is 11.0 Å². The Morgan fingerprint density at radius 3 is 2.34 bits per heavy atom. The Bertz CT molecular complexity index is 1030. The number of anilines is 1. The van der Waals surface area contributed by atoms with E-state index >= 15 is 0 Å². The van der Waals surface area contributed by atoms with Crippen LogP contribution in [0.1, 0.15) is 12.5 Å². The second-order valence-corrected chi connectivity index (χ2v) is 7.95. The average Bonchev–Trinajstić information content (AvgIpc) is 2.74. The molecule has 1 aliphatic heterocycles. The minimum absolute atomic E-state index is 0.0762. The van der Waals surface area contributed by atoms with Crippen molar-refractivity contribution in [2.24, 2.45) is 0 Å². The van der Waals surface area contributed by atoms with Gasteiger partial charge >= 0.3 is 6.18 Å². The van der Waals surface area contributed by atoms with Crippen LogP contribution in [0.4, 0.5) is 24.5 Å². The first-order valence-electron chi connectivity index (χ1n) is 9.48. The number of nitrogens with zero attached hydrogens (tertiary/aromatic N) is 3. The first-order chi connectivity index (χ1) is 15.0. The highest BCUT2D eigenvalue weighted by Crippen LogP contribution is 2.37. The molecule has 1 amide bonds. The smallest absolute Gasteiger partial charge is 0.416 e. The molecule has 172 valence electrons. The van der Waals surface area contributed by atoms with Crippen LogP contribution in [0.25, 0.3) is 0 Å². The minimum atomic E-state index is -4.68. The molecule has 12 heteroatoms. The van der Waals surface area contributed by atoms with Crippen LogP contribution in [0.2, 0.25) is 10.0 Å². The van der Waals surface area contributed by atoms with Crippen molar-refractivity contribution in [2.45, 2.75) is 19.2 Å². The number of piperazine rings is 1. The molecule has 3 rings (SSSR count). The Labute approximate surface area is 191 Å². The number of hydrogen-bond acceptors (Lipinski definition) is 5. The molecule has 7 nitrogen and oxygen atoms in total. The summed E-state index contributed by atoms with van der Waals surface area (Å²) < 4.78 is 44.4. The molecule has 0 N–H and O–H groups in total. The van der Waals surface area contributed by atoms with E-state index in [0.29, 0.717) is 16.8 Å². The SMILES string of the molecule is C[C@@H](Oc1ccc(Cl)cc1Cl)C(=O)N1CCN(c2ccc(C(F)(F)F)cc2[N+](=O)[O-])CC1. The number of nitro groups is 1. The number of ether oxygens (including phenoxy) is 1. The second kappa shape index (κ2) is 9.41. The maximum absolute atomic E-state index is 12.9. The Balaban J connectivity index is 1.67. The van der Waals surface area contributed by atoms with E-state index < -0.39 is 28.5 Å². The Kier molecular flexibility index (Phi) is 7.04. The Morgan fingerprint density at radius 1 is 1.12 bits per heavy atom. The number of rotatable bonds is 5. The van der Waals surface area contributed by atoms with E-state index in [1.165, 1.54) is 11.0 Å². The topological polar surface area (TPSA) is 75.9 Å². The zero-order chi connectivity index (χ0) is 23.6. The highest BCUT2D eigenvalue weighted by Gasteiger charge is 2.35. The van der Waals surface area contributed by atoms with Gasteiger partial charge in [-0.15, -0.1) is 0 Å². The molecule has 1 fully saturated rings. The van der Waals surface area contributed by atoms with Crippen LogP contribution < -0.4 is 9.64 Å². The van der Waals surface area contributed by atoms with Crippen LogP contribution in [0.15, 0.2) is 36.4 Å². The summed E-state index contributed by atoms with van der Waals surface area (Å²) in [5, 5.41) is 12.0. The first kappa shape index (κ1) is 23.9. The van der Waals surface area contributed by atoms with Crippen molar-refractivity contribution in [2.75, 3.05) is 31.1 Å². The maximum atomic E-state index is 12.9. The summed E-state index contributed by atoms with van der Waals surface area (Å²) in [4.78, 5) is 26.3. The van der Waals surface area contributed by atoms with E-state index in [1.807, 2.05) is 0 Å². The van der Waals surface area contributed by atoms with Crippen LogP contribution in [0.3, 0.4) is 0 Å². The fourth-order valence-electron chi connectivity index (χ4n) is 3.35. The molecule has 2 aromatic rings. The highest BCUT2D eigenvalue weighted by molar-refractivity contribution is 6.35. The van der Waals surface area contributed by atoms with Gasteiger partial charge in [-0.05, 0) is 37.3 Å². The van der Waals surface area contributed by atoms with Crippen molar-refractivity contribution >= 4 is 40.5 Å². The van der Waals surface area contributed by atoms with E-state index in [1.54, 1.807) is 24.0 Å². The molecule has 0 saturated carbocycles. The van der Waals surface area contributed by atoms with Gasteiger partial charge < -0.3 is 14.5 Å². The molecule has 1 atom stereocenters. The van der Waals surface area contributed by atoms with Crippen molar-refractivity contribution in [3.8, 4) is 5.75 Å². The van der Waals surface area contributed by atoms with Crippen LogP contribution in [0.5, 0.6) is 5.75 Å². The summed E-state index contributed by atoms with van der Waals surface area (Å²) in [5.41, 5.74) is -1.64. The summed E-state index contributed by atoms with van der Waals surface area (Å²) in [6.07, 6.45) is -5.53. The van der Waals surface area contributed by atoms with Gasteiger partial charge in [-0.3, -0.25) is 14.9 Å². The lowest BCUT2D eigenvalue weighted by molar-refractivity contribution is -0.384.